The number of nitrogens with one attached hydrogen (secondary N) is 3. The molecule has 1 atom stereocenters. The van der Waals surface area contributed by atoms with Crippen molar-refractivity contribution in [3.63, 3.8) is 0 Å². The number of nitrogens with zero attached hydrogens (tertiary/aromatic N) is 1. The summed E-state index contributed by atoms with van der Waals surface area (Å²) in [5.41, 5.74) is 2.82. The minimum absolute atomic E-state index is 0.0542. The van der Waals surface area contributed by atoms with Gasteiger partial charge >= 0.3 is 6.03 Å². The number of carbonyl (C=O) groups is 2. The molecule has 1 aromatic carbocycles. The molecular formula is C20H30N4O2. The van der Waals surface area contributed by atoms with E-state index in [0.717, 1.165) is 49.3 Å². The van der Waals surface area contributed by atoms with Gasteiger partial charge in [-0.15, -0.1) is 0 Å². The monoisotopic (exact) mass is 358 g/mol. The van der Waals surface area contributed by atoms with Gasteiger partial charge in [0.1, 0.15) is 0 Å². The summed E-state index contributed by atoms with van der Waals surface area (Å²) in [5.74, 6) is 1.06. The predicted molar refractivity (Wildman–Crippen MR) is 105 cm³/mol. The molecule has 0 aromatic heterocycles. The topological polar surface area (TPSA) is 73.5 Å². The molecule has 26 heavy (non-hydrogen) atoms. The molecule has 2 aliphatic heterocycles. The number of carbonyl (C=O) groups excluding carboxylic acids is 2. The highest BCUT2D eigenvalue weighted by Gasteiger charge is 2.25. The number of amides is 3. The number of piperidine rings is 1. The number of benzene rings is 1. The van der Waals surface area contributed by atoms with Gasteiger partial charge in [-0.1, -0.05) is 13.0 Å². The minimum atomic E-state index is -0.0748. The lowest BCUT2D eigenvalue weighted by Crippen LogP contribution is -2.38. The summed E-state index contributed by atoms with van der Waals surface area (Å²) < 4.78 is 0. The zero-order chi connectivity index (χ0) is 18.5. The minimum Gasteiger partial charge on any atom is -0.338 e. The van der Waals surface area contributed by atoms with Gasteiger partial charge in [0.15, 0.2) is 0 Å². The van der Waals surface area contributed by atoms with Crippen LogP contribution in [0.25, 0.3) is 0 Å². The molecule has 6 nitrogen and oxygen atoms in total. The van der Waals surface area contributed by atoms with Gasteiger partial charge in [-0.05, 0) is 68.8 Å². The summed E-state index contributed by atoms with van der Waals surface area (Å²) in [5, 5.41) is 9.24. The average Bonchev–Trinajstić information content (AvgIpc) is 3.06. The largest absolute Gasteiger partial charge is 0.338 e. The molecule has 0 bridgehead atoms. The maximum absolute atomic E-state index is 12.5. The van der Waals surface area contributed by atoms with Gasteiger partial charge in [0.25, 0.3) is 0 Å². The van der Waals surface area contributed by atoms with Crippen LogP contribution in [0.5, 0.6) is 0 Å². The summed E-state index contributed by atoms with van der Waals surface area (Å²) in [6, 6.07) is 5.80. The Morgan fingerprint density at radius 2 is 2.08 bits per heavy atom. The van der Waals surface area contributed by atoms with Crippen LogP contribution in [0.1, 0.15) is 38.7 Å². The Hall–Kier alpha value is -2.08. The molecule has 6 heteroatoms. The Bertz CT molecular complexity index is 655. The number of hydrogen-bond acceptors (Lipinski definition) is 3. The normalized spacial score (nSPS) is 18.3. The Labute approximate surface area is 155 Å². The van der Waals surface area contributed by atoms with Crippen molar-refractivity contribution < 1.29 is 9.59 Å². The van der Waals surface area contributed by atoms with Crippen LogP contribution >= 0.6 is 0 Å². The SMILES string of the molecule is CCNC(=O)N1CCc2ccc(NC(=O)CC(C)C3CCNCC3)cc21. The van der Waals surface area contributed by atoms with Gasteiger partial charge in [0, 0.05) is 25.2 Å². The van der Waals surface area contributed by atoms with Crippen LogP contribution in [0, 0.1) is 11.8 Å². The molecule has 3 N–H and O–H groups in total. The van der Waals surface area contributed by atoms with Crippen molar-refractivity contribution in [1.82, 2.24) is 10.6 Å². The quantitative estimate of drug-likeness (QED) is 0.758. The predicted octanol–water partition coefficient (Wildman–Crippen LogP) is 2.74. The van der Waals surface area contributed by atoms with E-state index in [1.54, 1.807) is 4.90 Å². The first-order chi connectivity index (χ1) is 12.6. The smallest absolute Gasteiger partial charge is 0.321 e. The molecule has 2 heterocycles. The number of fused-ring (bicyclic) bond motifs is 1. The summed E-state index contributed by atoms with van der Waals surface area (Å²) in [6.07, 6.45) is 3.69. The van der Waals surface area contributed by atoms with Crippen LogP contribution in [0.3, 0.4) is 0 Å². The van der Waals surface area contributed by atoms with E-state index in [2.05, 4.69) is 22.9 Å². The van der Waals surface area contributed by atoms with Gasteiger partial charge in [-0.2, -0.15) is 0 Å². The van der Waals surface area contributed by atoms with Crippen molar-refractivity contribution in [2.75, 3.05) is 36.4 Å². The third-order valence-electron chi connectivity index (χ3n) is 5.53. The lowest BCUT2D eigenvalue weighted by Gasteiger charge is -2.27. The summed E-state index contributed by atoms with van der Waals surface area (Å²) in [6.45, 7) is 7.49. The van der Waals surface area contributed by atoms with Gasteiger partial charge in [-0.25, -0.2) is 4.79 Å². The molecule has 3 rings (SSSR count). The molecular weight excluding hydrogens is 328 g/mol. The highest BCUT2D eigenvalue weighted by atomic mass is 16.2. The second-order valence-corrected chi connectivity index (χ2v) is 7.40. The first-order valence-corrected chi connectivity index (χ1v) is 9.77. The van der Waals surface area contributed by atoms with Crippen molar-refractivity contribution in [3.8, 4) is 0 Å². The molecule has 1 saturated heterocycles. The van der Waals surface area contributed by atoms with Crippen LogP contribution in [0.2, 0.25) is 0 Å². The molecule has 1 unspecified atom stereocenters. The number of urea groups is 1. The fourth-order valence-corrected chi connectivity index (χ4v) is 4.00. The molecule has 0 saturated carbocycles. The van der Waals surface area contributed by atoms with E-state index in [4.69, 9.17) is 0 Å². The maximum atomic E-state index is 12.5. The molecule has 1 fully saturated rings. The summed E-state index contributed by atoms with van der Waals surface area (Å²) >= 11 is 0. The lowest BCUT2D eigenvalue weighted by atomic mass is 9.84. The van der Waals surface area contributed by atoms with Crippen LogP contribution < -0.4 is 20.9 Å². The molecule has 142 valence electrons. The molecule has 0 spiro atoms. The number of hydrogen-bond donors (Lipinski definition) is 3. The Morgan fingerprint density at radius 1 is 1.31 bits per heavy atom. The zero-order valence-corrected chi connectivity index (χ0v) is 15.8. The molecule has 0 aliphatic carbocycles. The van der Waals surface area contributed by atoms with E-state index in [9.17, 15) is 9.59 Å². The second-order valence-electron chi connectivity index (χ2n) is 7.40. The highest BCUT2D eigenvalue weighted by Crippen LogP contribution is 2.31. The summed E-state index contributed by atoms with van der Waals surface area (Å²) in [4.78, 5) is 26.4. The Kier molecular flexibility index (Phi) is 6.14. The van der Waals surface area contributed by atoms with Crippen LogP contribution in [0.4, 0.5) is 16.2 Å². The third-order valence-corrected chi connectivity index (χ3v) is 5.53. The van der Waals surface area contributed by atoms with Gasteiger partial charge in [-0.3, -0.25) is 9.69 Å². The van der Waals surface area contributed by atoms with Crippen molar-refractivity contribution in [2.24, 2.45) is 11.8 Å². The van der Waals surface area contributed by atoms with E-state index < -0.39 is 0 Å². The molecule has 0 radical (unpaired) electrons. The average molecular weight is 358 g/mol. The first kappa shape index (κ1) is 18.7. The van der Waals surface area contributed by atoms with Crippen LogP contribution in [-0.2, 0) is 11.2 Å². The van der Waals surface area contributed by atoms with E-state index in [1.807, 2.05) is 25.1 Å². The van der Waals surface area contributed by atoms with E-state index in [-0.39, 0.29) is 11.9 Å². The van der Waals surface area contributed by atoms with Gasteiger partial charge in [0.05, 0.1) is 5.69 Å². The van der Waals surface area contributed by atoms with Crippen molar-refractivity contribution >= 4 is 23.3 Å². The number of rotatable bonds is 5. The first-order valence-electron chi connectivity index (χ1n) is 9.77. The fraction of sp³-hybridized carbons (Fsp3) is 0.600. The zero-order valence-electron chi connectivity index (χ0n) is 15.8. The van der Waals surface area contributed by atoms with E-state index in [1.165, 1.54) is 0 Å². The van der Waals surface area contributed by atoms with Gasteiger partial charge in [0.2, 0.25) is 5.91 Å². The van der Waals surface area contributed by atoms with Crippen molar-refractivity contribution in [1.29, 1.82) is 0 Å². The molecule has 3 amide bonds. The standard InChI is InChI=1S/C20H30N4O2/c1-3-22-20(26)24-11-8-16-4-5-17(13-18(16)24)23-19(25)12-14(2)15-6-9-21-10-7-15/h4-5,13-15,21H,3,6-12H2,1-2H3,(H,22,26)(H,23,25). The van der Waals surface area contributed by atoms with E-state index in [0.29, 0.717) is 31.3 Å². The molecule has 2 aliphatic rings. The van der Waals surface area contributed by atoms with E-state index >= 15 is 0 Å². The Balaban J connectivity index is 1.60. The summed E-state index contributed by atoms with van der Waals surface area (Å²) in [7, 11) is 0. The van der Waals surface area contributed by atoms with Crippen LogP contribution in [-0.4, -0.2) is 38.1 Å². The van der Waals surface area contributed by atoms with Crippen LogP contribution in [0.15, 0.2) is 18.2 Å². The lowest BCUT2D eigenvalue weighted by molar-refractivity contribution is -0.117. The fourth-order valence-electron chi connectivity index (χ4n) is 4.00. The number of anilines is 2. The molecule has 1 aromatic rings. The van der Waals surface area contributed by atoms with Crippen molar-refractivity contribution in [3.05, 3.63) is 23.8 Å². The Morgan fingerprint density at radius 3 is 2.81 bits per heavy atom. The maximum Gasteiger partial charge on any atom is 0.321 e. The van der Waals surface area contributed by atoms with Gasteiger partial charge < -0.3 is 16.0 Å². The highest BCUT2D eigenvalue weighted by molar-refractivity contribution is 5.96. The second kappa shape index (κ2) is 8.54. The third kappa shape index (κ3) is 4.36. The van der Waals surface area contributed by atoms with Crippen molar-refractivity contribution in [2.45, 2.75) is 39.5 Å².